The van der Waals surface area contributed by atoms with Crippen LogP contribution in [0.5, 0.6) is 0 Å². The van der Waals surface area contributed by atoms with Gasteiger partial charge in [-0.25, -0.2) is 4.98 Å². The maximum Gasteiger partial charge on any atom is 0.0948 e. The molecule has 1 fully saturated rings. The first-order valence-corrected chi connectivity index (χ1v) is 7.49. The minimum atomic E-state index is 0.707. The summed E-state index contributed by atoms with van der Waals surface area (Å²) < 4.78 is 2.26. The SMILES string of the molecule is NCCc1cncn1CC1CSCCS1. The average Bonchev–Trinajstić information content (AvgIpc) is 2.68. The van der Waals surface area contributed by atoms with Gasteiger partial charge in [0.15, 0.2) is 0 Å². The second-order valence-corrected chi connectivity index (χ2v) is 6.20. The van der Waals surface area contributed by atoms with Crippen molar-refractivity contribution < 1.29 is 0 Å². The molecule has 2 N–H and O–H groups in total. The van der Waals surface area contributed by atoms with Crippen LogP contribution in [0.15, 0.2) is 12.5 Å². The Morgan fingerprint density at radius 2 is 2.47 bits per heavy atom. The van der Waals surface area contributed by atoms with Crippen LogP contribution in [0.1, 0.15) is 5.69 Å². The lowest BCUT2D eigenvalue weighted by atomic mass is 10.3. The zero-order valence-corrected chi connectivity index (χ0v) is 10.4. The van der Waals surface area contributed by atoms with Crippen LogP contribution < -0.4 is 5.73 Å². The highest BCUT2D eigenvalue weighted by atomic mass is 32.2. The summed E-state index contributed by atoms with van der Waals surface area (Å²) >= 11 is 4.15. The predicted molar refractivity (Wildman–Crippen MR) is 68.6 cm³/mol. The van der Waals surface area contributed by atoms with Gasteiger partial charge in [0.25, 0.3) is 0 Å². The van der Waals surface area contributed by atoms with Crippen molar-refractivity contribution in [2.75, 3.05) is 23.8 Å². The van der Waals surface area contributed by atoms with E-state index < -0.39 is 0 Å². The Labute approximate surface area is 99.2 Å². The molecule has 2 rings (SSSR count). The van der Waals surface area contributed by atoms with E-state index in [2.05, 4.69) is 33.1 Å². The summed E-state index contributed by atoms with van der Waals surface area (Å²) in [6.07, 6.45) is 4.81. The van der Waals surface area contributed by atoms with E-state index in [0.29, 0.717) is 6.54 Å². The van der Waals surface area contributed by atoms with Gasteiger partial charge in [-0.3, -0.25) is 0 Å². The minimum Gasteiger partial charge on any atom is -0.333 e. The lowest BCUT2D eigenvalue weighted by Gasteiger charge is -2.22. The van der Waals surface area contributed by atoms with Crippen molar-refractivity contribution >= 4 is 23.5 Å². The Hall–Kier alpha value is -0.130. The number of hydrogen-bond donors (Lipinski definition) is 1. The van der Waals surface area contributed by atoms with Crippen LogP contribution in [0.2, 0.25) is 0 Å². The molecule has 0 amide bonds. The lowest BCUT2D eigenvalue weighted by Crippen LogP contribution is -2.21. The smallest absolute Gasteiger partial charge is 0.0948 e. The van der Waals surface area contributed by atoms with E-state index in [0.717, 1.165) is 18.2 Å². The fourth-order valence-corrected chi connectivity index (χ4v) is 4.39. The lowest BCUT2D eigenvalue weighted by molar-refractivity contribution is 0.657. The molecule has 0 aromatic carbocycles. The molecule has 1 aliphatic rings. The zero-order valence-electron chi connectivity index (χ0n) is 8.76. The summed E-state index contributed by atoms with van der Waals surface area (Å²) in [5.74, 6) is 3.86. The van der Waals surface area contributed by atoms with Gasteiger partial charge in [-0.15, -0.1) is 0 Å². The zero-order chi connectivity index (χ0) is 10.5. The quantitative estimate of drug-likeness (QED) is 0.864. The molecule has 15 heavy (non-hydrogen) atoms. The second-order valence-electron chi connectivity index (χ2n) is 3.64. The van der Waals surface area contributed by atoms with Gasteiger partial charge in [-0.2, -0.15) is 23.5 Å². The third-order valence-electron chi connectivity index (χ3n) is 2.48. The van der Waals surface area contributed by atoms with Gasteiger partial charge < -0.3 is 10.3 Å². The highest BCUT2D eigenvalue weighted by Gasteiger charge is 2.15. The molecule has 0 bridgehead atoms. The predicted octanol–water partition coefficient (Wildman–Crippen LogP) is 1.23. The van der Waals surface area contributed by atoms with Crippen LogP contribution in [-0.4, -0.2) is 38.6 Å². The van der Waals surface area contributed by atoms with Crippen molar-refractivity contribution in [2.24, 2.45) is 5.73 Å². The molecule has 1 atom stereocenters. The number of hydrogen-bond acceptors (Lipinski definition) is 4. The average molecular weight is 243 g/mol. The van der Waals surface area contributed by atoms with Crippen molar-refractivity contribution in [1.29, 1.82) is 0 Å². The number of rotatable bonds is 4. The fraction of sp³-hybridized carbons (Fsp3) is 0.700. The molecular formula is C10H17N3S2. The maximum atomic E-state index is 5.57. The summed E-state index contributed by atoms with van der Waals surface area (Å²) in [7, 11) is 0. The Kier molecular flexibility index (Phi) is 4.41. The van der Waals surface area contributed by atoms with Crippen LogP contribution in [-0.2, 0) is 13.0 Å². The van der Waals surface area contributed by atoms with Gasteiger partial charge in [0.05, 0.1) is 6.33 Å². The molecular weight excluding hydrogens is 226 g/mol. The Morgan fingerprint density at radius 3 is 3.20 bits per heavy atom. The van der Waals surface area contributed by atoms with Crippen LogP contribution in [0.3, 0.4) is 0 Å². The maximum absolute atomic E-state index is 5.57. The molecule has 1 aliphatic heterocycles. The summed E-state index contributed by atoms with van der Waals surface area (Å²) in [6, 6.07) is 0. The van der Waals surface area contributed by atoms with E-state index in [4.69, 9.17) is 5.73 Å². The minimum absolute atomic E-state index is 0.707. The van der Waals surface area contributed by atoms with Gasteiger partial charge in [-0.05, 0) is 6.54 Å². The Bertz CT molecular complexity index is 295. The number of thioether (sulfide) groups is 2. The van der Waals surface area contributed by atoms with Crippen LogP contribution in [0, 0.1) is 0 Å². The number of nitrogens with zero attached hydrogens (tertiary/aromatic N) is 2. The van der Waals surface area contributed by atoms with Crippen molar-refractivity contribution in [3.8, 4) is 0 Å². The van der Waals surface area contributed by atoms with Crippen molar-refractivity contribution in [2.45, 2.75) is 18.2 Å². The van der Waals surface area contributed by atoms with E-state index in [1.54, 1.807) is 0 Å². The highest BCUT2D eigenvalue weighted by Crippen LogP contribution is 2.25. The van der Waals surface area contributed by atoms with Gasteiger partial charge in [0.2, 0.25) is 0 Å². The molecule has 2 heterocycles. The van der Waals surface area contributed by atoms with E-state index >= 15 is 0 Å². The number of nitrogens with two attached hydrogens (primary N) is 1. The highest BCUT2D eigenvalue weighted by molar-refractivity contribution is 8.06. The summed E-state index contributed by atoms with van der Waals surface area (Å²) in [6.45, 7) is 1.80. The largest absolute Gasteiger partial charge is 0.333 e. The van der Waals surface area contributed by atoms with Crippen molar-refractivity contribution in [1.82, 2.24) is 9.55 Å². The molecule has 1 aromatic rings. The van der Waals surface area contributed by atoms with Gasteiger partial charge in [0, 0.05) is 47.4 Å². The molecule has 1 unspecified atom stereocenters. The van der Waals surface area contributed by atoms with Gasteiger partial charge in [0.1, 0.15) is 0 Å². The van der Waals surface area contributed by atoms with Crippen LogP contribution in [0.4, 0.5) is 0 Å². The van der Waals surface area contributed by atoms with Crippen LogP contribution in [0.25, 0.3) is 0 Å². The summed E-state index contributed by atoms with van der Waals surface area (Å²) in [5.41, 5.74) is 6.84. The molecule has 0 radical (unpaired) electrons. The molecule has 1 aromatic heterocycles. The van der Waals surface area contributed by atoms with Gasteiger partial charge in [-0.1, -0.05) is 0 Å². The molecule has 5 heteroatoms. The van der Waals surface area contributed by atoms with Crippen molar-refractivity contribution in [3.63, 3.8) is 0 Å². The first kappa shape index (κ1) is 11.4. The monoisotopic (exact) mass is 243 g/mol. The molecule has 3 nitrogen and oxygen atoms in total. The number of imidazole rings is 1. The fourth-order valence-electron chi connectivity index (χ4n) is 1.73. The molecule has 0 spiro atoms. The standard InChI is InChI=1S/C10H17N3S2/c11-2-1-9-5-12-8-13(9)6-10-7-14-3-4-15-10/h5,8,10H,1-4,6-7,11H2. The normalized spacial score (nSPS) is 21.8. The Morgan fingerprint density at radius 1 is 1.53 bits per heavy atom. The molecule has 84 valence electrons. The van der Waals surface area contributed by atoms with E-state index in [9.17, 15) is 0 Å². The second kappa shape index (κ2) is 5.82. The first-order valence-electron chi connectivity index (χ1n) is 5.28. The van der Waals surface area contributed by atoms with Crippen molar-refractivity contribution in [3.05, 3.63) is 18.2 Å². The molecule has 1 saturated heterocycles. The summed E-state index contributed by atoms with van der Waals surface area (Å²) in [4.78, 5) is 4.20. The molecule has 0 saturated carbocycles. The number of aromatic nitrogens is 2. The molecule has 0 aliphatic carbocycles. The Balaban J connectivity index is 1.93. The van der Waals surface area contributed by atoms with E-state index in [1.165, 1.54) is 23.0 Å². The van der Waals surface area contributed by atoms with E-state index in [-0.39, 0.29) is 0 Å². The van der Waals surface area contributed by atoms with E-state index in [1.807, 2.05) is 12.5 Å². The summed E-state index contributed by atoms with van der Waals surface area (Å²) in [5, 5.41) is 0.745. The van der Waals surface area contributed by atoms with Gasteiger partial charge >= 0.3 is 0 Å². The van der Waals surface area contributed by atoms with Crippen LogP contribution >= 0.6 is 23.5 Å². The first-order chi connectivity index (χ1) is 7.40. The third-order valence-corrected chi connectivity index (χ3v) is 5.31. The third kappa shape index (κ3) is 3.16. The topological polar surface area (TPSA) is 43.8 Å².